The first-order valence-electron chi connectivity index (χ1n) is 6.35. The van der Waals surface area contributed by atoms with E-state index in [0.29, 0.717) is 12.2 Å². The van der Waals surface area contributed by atoms with Crippen molar-refractivity contribution in [1.29, 1.82) is 0 Å². The van der Waals surface area contributed by atoms with Gasteiger partial charge in [-0.3, -0.25) is 0 Å². The smallest absolute Gasteiger partial charge is 0.360 e. The van der Waals surface area contributed by atoms with Crippen LogP contribution in [0, 0.1) is 19.7 Å². The lowest BCUT2D eigenvalue weighted by atomic mass is 10.1. The Hall–Kier alpha value is -2.24. The standard InChI is InChI=1S/C14H16FN3O2/c1-4-20-14(19)13-10(3)18(17-16-13)8-11-7-12(15)6-5-9(11)2/h5-7H,4,8H2,1-3H3. The van der Waals surface area contributed by atoms with Crippen LogP contribution in [0.2, 0.25) is 0 Å². The van der Waals surface area contributed by atoms with Crippen LogP contribution < -0.4 is 0 Å². The molecule has 0 atom stereocenters. The summed E-state index contributed by atoms with van der Waals surface area (Å²) >= 11 is 0. The third-order valence-electron chi connectivity index (χ3n) is 3.08. The first-order chi connectivity index (χ1) is 9.52. The fourth-order valence-corrected chi connectivity index (χ4v) is 1.87. The lowest BCUT2D eigenvalue weighted by Crippen LogP contribution is -2.09. The predicted octanol–water partition coefficient (Wildman–Crippen LogP) is 2.26. The average Bonchev–Trinajstić information content (AvgIpc) is 2.76. The summed E-state index contributed by atoms with van der Waals surface area (Å²) in [7, 11) is 0. The van der Waals surface area contributed by atoms with Gasteiger partial charge in [-0.05, 0) is 44.0 Å². The van der Waals surface area contributed by atoms with Crippen molar-refractivity contribution in [1.82, 2.24) is 15.0 Å². The number of carbonyl (C=O) groups excluding carboxylic acids is 1. The number of benzene rings is 1. The van der Waals surface area contributed by atoms with E-state index in [2.05, 4.69) is 10.3 Å². The number of aromatic nitrogens is 3. The largest absolute Gasteiger partial charge is 0.461 e. The van der Waals surface area contributed by atoms with Crippen LogP contribution in [0.15, 0.2) is 18.2 Å². The van der Waals surface area contributed by atoms with Crippen LogP contribution in [-0.2, 0) is 11.3 Å². The van der Waals surface area contributed by atoms with Gasteiger partial charge in [-0.1, -0.05) is 11.3 Å². The molecular formula is C14H16FN3O2. The van der Waals surface area contributed by atoms with Crippen LogP contribution in [0.1, 0.15) is 34.2 Å². The Morgan fingerprint density at radius 1 is 1.40 bits per heavy atom. The molecule has 2 rings (SSSR count). The maximum absolute atomic E-state index is 13.3. The number of hydrogen-bond donors (Lipinski definition) is 0. The van der Waals surface area contributed by atoms with E-state index >= 15 is 0 Å². The minimum atomic E-state index is -0.493. The third kappa shape index (κ3) is 2.84. The van der Waals surface area contributed by atoms with Gasteiger partial charge in [-0.15, -0.1) is 5.10 Å². The van der Waals surface area contributed by atoms with Crippen molar-refractivity contribution < 1.29 is 13.9 Å². The number of aryl methyl sites for hydroxylation is 1. The molecule has 0 saturated carbocycles. The summed E-state index contributed by atoms with van der Waals surface area (Å²) in [5, 5.41) is 7.76. The summed E-state index contributed by atoms with van der Waals surface area (Å²) in [5.74, 6) is -0.791. The number of rotatable bonds is 4. The molecule has 0 fully saturated rings. The molecule has 5 nitrogen and oxygen atoms in total. The monoisotopic (exact) mass is 277 g/mol. The van der Waals surface area contributed by atoms with Gasteiger partial charge in [0.1, 0.15) is 5.82 Å². The van der Waals surface area contributed by atoms with Gasteiger partial charge >= 0.3 is 5.97 Å². The molecule has 0 unspecified atom stereocenters. The Labute approximate surface area is 116 Å². The first kappa shape index (κ1) is 14.2. The fraction of sp³-hybridized carbons (Fsp3) is 0.357. The van der Waals surface area contributed by atoms with Gasteiger partial charge in [0, 0.05) is 0 Å². The second kappa shape index (κ2) is 5.81. The average molecular weight is 277 g/mol. The second-order valence-electron chi connectivity index (χ2n) is 4.47. The zero-order valence-electron chi connectivity index (χ0n) is 11.7. The minimum absolute atomic E-state index is 0.195. The number of esters is 1. The second-order valence-corrected chi connectivity index (χ2v) is 4.47. The van der Waals surface area contributed by atoms with Crippen LogP contribution in [0.4, 0.5) is 4.39 Å². The van der Waals surface area contributed by atoms with Crippen molar-refractivity contribution in [3.8, 4) is 0 Å². The summed E-state index contributed by atoms with van der Waals surface area (Å²) in [5.41, 5.74) is 2.56. The topological polar surface area (TPSA) is 57.0 Å². The maximum atomic E-state index is 13.3. The quantitative estimate of drug-likeness (QED) is 0.804. The van der Waals surface area contributed by atoms with E-state index in [0.717, 1.165) is 11.1 Å². The number of hydrogen-bond acceptors (Lipinski definition) is 4. The van der Waals surface area contributed by atoms with Crippen molar-refractivity contribution in [2.24, 2.45) is 0 Å². The van der Waals surface area contributed by atoms with Crippen molar-refractivity contribution in [3.63, 3.8) is 0 Å². The third-order valence-corrected chi connectivity index (χ3v) is 3.08. The van der Waals surface area contributed by atoms with Gasteiger partial charge in [-0.2, -0.15) is 0 Å². The highest BCUT2D eigenvalue weighted by Gasteiger charge is 2.17. The van der Waals surface area contributed by atoms with Gasteiger partial charge in [0.15, 0.2) is 5.69 Å². The van der Waals surface area contributed by atoms with E-state index in [9.17, 15) is 9.18 Å². The molecule has 0 N–H and O–H groups in total. The van der Waals surface area contributed by atoms with Gasteiger partial charge in [0.05, 0.1) is 18.8 Å². The summed E-state index contributed by atoms with van der Waals surface area (Å²) in [6.07, 6.45) is 0. The Morgan fingerprint density at radius 2 is 2.15 bits per heavy atom. The highest BCUT2D eigenvalue weighted by atomic mass is 19.1. The Kier molecular flexibility index (Phi) is 4.12. The SMILES string of the molecule is CCOC(=O)c1nnn(Cc2cc(F)ccc2C)c1C. The summed E-state index contributed by atoms with van der Waals surface area (Å²) in [4.78, 5) is 11.7. The number of ether oxygens (including phenoxy) is 1. The molecule has 1 aromatic carbocycles. The molecule has 0 aliphatic carbocycles. The first-order valence-corrected chi connectivity index (χ1v) is 6.35. The van der Waals surface area contributed by atoms with E-state index in [-0.39, 0.29) is 18.1 Å². The van der Waals surface area contributed by atoms with Crippen molar-refractivity contribution >= 4 is 5.97 Å². The lowest BCUT2D eigenvalue weighted by Gasteiger charge is -2.07. The van der Waals surface area contributed by atoms with Gasteiger partial charge in [-0.25, -0.2) is 13.9 Å². The van der Waals surface area contributed by atoms with Crippen LogP contribution in [0.3, 0.4) is 0 Å². The number of nitrogens with zero attached hydrogens (tertiary/aromatic N) is 3. The molecule has 1 aromatic heterocycles. The van der Waals surface area contributed by atoms with Gasteiger partial charge in [0.25, 0.3) is 0 Å². The maximum Gasteiger partial charge on any atom is 0.360 e. The molecule has 20 heavy (non-hydrogen) atoms. The van der Waals surface area contributed by atoms with Crippen LogP contribution in [0.25, 0.3) is 0 Å². The zero-order valence-corrected chi connectivity index (χ0v) is 11.7. The van der Waals surface area contributed by atoms with Gasteiger partial charge < -0.3 is 4.74 Å². The van der Waals surface area contributed by atoms with E-state index in [4.69, 9.17) is 4.74 Å². The molecule has 2 aromatic rings. The Balaban J connectivity index is 2.26. The van der Waals surface area contributed by atoms with Gasteiger partial charge in [0.2, 0.25) is 0 Å². The van der Waals surface area contributed by atoms with Crippen LogP contribution >= 0.6 is 0 Å². The highest BCUT2D eigenvalue weighted by molar-refractivity contribution is 5.88. The van der Waals surface area contributed by atoms with Crippen molar-refractivity contribution in [3.05, 3.63) is 46.5 Å². The molecule has 0 radical (unpaired) electrons. The molecule has 106 valence electrons. The normalized spacial score (nSPS) is 10.6. The molecule has 0 aliphatic rings. The summed E-state index contributed by atoms with van der Waals surface area (Å²) in [6, 6.07) is 4.58. The molecule has 0 bridgehead atoms. The zero-order chi connectivity index (χ0) is 14.7. The Morgan fingerprint density at radius 3 is 2.85 bits per heavy atom. The minimum Gasteiger partial charge on any atom is -0.461 e. The summed E-state index contributed by atoms with van der Waals surface area (Å²) < 4.78 is 19.7. The van der Waals surface area contributed by atoms with Crippen molar-refractivity contribution in [2.75, 3.05) is 6.61 Å². The highest BCUT2D eigenvalue weighted by Crippen LogP contribution is 2.14. The van der Waals surface area contributed by atoms with E-state index in [1.807, 2.05) is 6.92 Å². The summed E-state index contributed by atoms with van der Waals surface area (Å²) in [6.45, 7) is 6.01. The predicted molar refractivity (Wildman–Crippen MR) is 71.0 cm³/mol. The molecule has 0 amide bonds. The van der Waals surface area contributed by atoms with E-state index in [1.165, 1.54) is 12.1 Å². The number of carbonyl (C=O) groups is 1. The fourth-order valence-electron chi connectivity index (χ4n) is 1.87. The van der Waals surface area contributed by atoms with Crippen LogP contribution in [0.5, 0.6) is 0 Å². The Bertz CT molecular complexity index is 637. The molecule has 0 spiro atoms. The van der Waals surface area contributed by atoms with E-state index in [1.54, 1.807) is 24.6 Å². The van der Waals surface area contributed by atoms with Crippen LogP contribution in [-0.4, -0.2) is 27.6 Å². The van der Waals surface area contributed by atoms with E-state index < -0.39 is 5.97 Å². The molecule has 0 saturated heterocycles. The molecular weight excluding hydrogens is 261 g/mol. The molecule has 1 heterocycles. The van der Waals surface area contributed by atoms with Crippen molar-refractivity contribution in [2.45, 2.75) is 27.3 Å². The number of halogens is 1. The lowest BCUT2D eigenvalue weighted by molar-refractivity contribution is 0.0518. The molecule has 0 aliphatic heterocycles. The molecule has 6 heteroatoms.